The van der Waals surface area contributed by atoms with Crippen molar-refractivity contribution < 1.29 is 4.39 Å². The molecule has 1 aliphatic rings. The fourth-order valence-corrected chi connectivity index (χ4v) is 2.74. The van der Waals surface area contributed by atoms with Gasteiger partial charge in [0.05, 0.1) is 0 Å². The highest BCUT2D eigenvalue weighted by Gasteiger charge is 2.12. The summed E-state index contributed by atoms with van der Waals surface area (Å²) in [6.45, 7) is 3.71. The molecular formula is C17H19FN2. The summed E-state index contributed by atoms with van der Waals surface area (Å²) in [5.41, 5.74) is 5.85. The summed E-state index contributed by atoms with van der Waals surface area (Å²) in [6.07, 6.45) is 2.34. The molecule has 0 unspecified atom stereocenters. The summed E-state index contributed by atoms with van der Waals surface area (Å²) in [7, 11) is 0. The number of hydrogen-bond donors (Lipinski definition) is 2. The summed E-state index contributed by atoms with van der Waals surface area (Å²) in [5, 5.41) is 6.89. The zero-order valence-corrected chi connectivity index (χ0v) is 11.7. The van der Waals surface area contributed by atoms with E-state index in [2.05, 4.69) is 28.8 Å². The average Bonchev–Trinajstić information content (AvgIpc) is 2.46. The van der Waals surface area contributed by atoms with Gasteiger partial charge in [-0.1, -0.05) is 18.2 Å². The number of benzene rings is 2. The molecule has 0 atom stereocenters. The Morgan fingerprint density at radius 3 is 3.00 bits per heavy atom. The highest BCUT2D eigenvalue weighted by molar-refractivity contribution is 5.61. The zero-order chi connectivity index (χ0) is 13.9. The van der Waals surface area contributed by atoms with Crippen LogP contribution in [0, 0.1) is 12.7 Å². The first-order valence-corrected chi connectivity index (χ1v) is 7.09. The highest BCUT2D eigenvalue weighted by Crippen LogP contribution is 2.27. The molecule has 3 rings (SSSR count). The molecule has 1 heterocycles. The van der Waals surface area contributed by atoms with E-state index in [0.717, 1.165) is 30.8 Å². The third-order valence-electron chi connectivity index (χ3n) is 3.82. The molecule has 1 aliphatic heterocycles. The molecule has 0 spiro atoms. The lowest BCUT2D eigenvalue weighted by Gasteiger charge is -2.22. The molecule has 2 N–H and O–H groups in total. The molecule has 0 radical (unpaired) electrons. The molecule has 104 valence electrons. The van der Waals surface area contributed by atoms with E-state index < -0.39 is 0 Å². The molecule has 0 aromatic heterocycles. The van der Waals surface area contributed by atoms with Gasteiger partial charge in [0.15, 0.2) is 0 Å². The molecule has 3 heteroatoms. The summed E-state index contributed by atoms with van der Waals surface area (Å²) in [4.78, 5) is 0. The summed E-state index contributed by atoms with van der Waals surface area (Å²) >= 11 is 0. The van der Waals surface area contributed by atoms with Gasteiger partial charge in [0.1, 0.15) is 5.82 Å². The number of anilines is 2. The quantitative estimate of drug-likeness (QED) is 0.877. The van der Waals surface area contributed by atoms with E-state index in [-0.39, 0.29) is 5.82 Å². The first-order valence-electron chi connectivity index (χ1n) is 7.09. The van der Waals surface area contributed by atoms with Crippen molar-refractivity contribution in [3.8, 4) is 0 Å². The molecule has 0 bridgehead atoms. The van der Waals surface area contributed by atoms with Crippen LogP contribution in [-0.2, 0) is 13.0 Å². The Hall–Kier alpha value is -2.03. The van der Waals surface area contributed by atoms with Gasteiger partial charge in [-0.2, -0.15) is 0 Å². The van der Waals surface area contributed by atoms with Crippen LogP contribution in [0.2, 0.25) is 0 Å². The topological polar surface area (TPSA) is 24.1 Å². The Balaban J connectivity index is 1.78. The van der Waals surface area contributed by atoms with Gasteiger partial charge < -0.3 is 10.6 Å². The minimum absolute atomic E-state index is 0.188. The Morgan fingerprint density at radius 2 is 2.15 bits per heavy atom. The monoisotopic (exact) mass is 270 g/mol. The predicted octanol–water partition coefficient (Wildman–Crippen LogP) is 4.10. The van der Waals surface area contributed by atoms with Gasteiger partial charge in [-0.05, 0) is 54.7 Å². The van der Waals surface area contributed by atoms with Crippen LogP contribution < -0.4 is 10.6 Å². The summed E-state index contributed by atoms with van der Waals surface area (Å²) in [5.74, 6) is -0.188. The molecule has 2 aromatic rings. The number of nitrogens with one attached hydrogen (secondary N) is 2. The van der Waals surface area contributed by atoms with Crippen molar-refractivity contribution >= 4 is 11.4 Å². The minimum Gasteiger partial charge on any atom is -0.385 e. The second kappa shape index (κ2) is 5.53. The number of halogens is 1. The number of fused-ring (bicyclic) bond motifs is 1. The van der Waals surface area contributed by atoms with Crippen LogP contribution in [0.1, 0.15) is 23.1 Å². The predicted molar refractivity (Wildman–Crippen MR) is 81.7 cm³/mol. The van der Waals surface area contributed by atoms with Crippen molar-refractivity contribution in [2.45, 2.75) is 26.3 Å². The maximum atomic E-state index is 13.1. The van der Waals surface area contributed by atoms with Crippen molar-refractivity contribution in [2.24, 2.45) is 0 Å². The maximum absolute atomic E-state index is 13.1. The average molecular weight is 270 g/mol. The number of aryl methyl sites for hydroxylation is 2. The van der Waals surface area contributed by atoms with Gasteiger partial charge in [-0.25, -0.2) is 4.39 Å². The van der Waals surface area contributed by atoms with Crippen LogP contribution in [0.15, 0.2) is 36.4 Å². The Morgan fingerprint density at radius 1 is 1.25 bits per heavy atom. The van der Waals surface area contributed by atoms with Crippen molar-refractivity contribution in [1.82, 2.24) is 0 Å². The lowest BCUT2D eigenvalue weighted by molar-refractivity contribution is 0.627. The van der Waals surface area contributed by atoms with E-state index in [1.54, 1.807) is 12.1 Å². The van der Waals surface area contributed by atoms with Gasteiger partial charge >= 0.3 is 0 Å². The van der Waals surface area contributed by atoms with E-state index in [1.807, 2.05) is 6.92 Å². The first kappa shape index (κ1) is 13.0. The van der Waals surface area contributed by atoms with Crippen molar-refractivity contribution in [3.05, 3.63) is 58.9 Å². The standard InChI is InChI=1S/C17H19FN2/c1-12-10-15(18)7-8-16(12)20-11-14-5-2-4-13-6-3-9-19-17(13)14/h2,4-5,7-8,10,19-20H,3,6,9,11H2,1H3. The normalized spacial score (nSPS) is 13.5. The molecule has 0 aliphatic carbocycles. The summed E-state index contributed by atoms with van der Waals surface area (Å²) < 4.78 is 13.1. The fourth-order valence-electron chi connectivity index (χ4n) is 2.74. The second-order valence-electron chi connectivity index (χ2n) is 5.29. The molecule has 2 nitrogen and oxygen atoms in total. The Kier molecular flexibility index (Phi) is 3.59. The lowest BCUT2D eigenvalue weighted by atomic mass is 9.99. The van der Waals surface area contributed by atoms with Crippen LogP contribution in [0.4, 0.5) is 15.8 Å². The van der Waals surface area contributed by atoms with Gasteiger partial charge in [0, 0.05) is 24.5 Å². The van der Waals surface area contributed by atoms with E-state index in [9.17, 15) is 4.39 Å². The third kappa shape index (κ3) is 2.62. The Bertz CT molecular complexity index is 622. The van der Waals surface area contributed by atoms with Gasteiger partial charge in [-0.15, -0.1) is 0 Å². The van der Waals surface area contributed by atoms with Crippen molar-refractivity contribution in [1.29, 1.82) is 0 Å². The van der Waals surface area contributed by atoms with Gasteiger partial charge in [0.25, 0.3) is 0 Å². The van der Waals surface area contributed by atoms with Crippen LogP contribution in [0.5, 0.6) is 0 Å². The molecule has 2 aromatic carbocycles. The highest BCUT2D eigenvalue weighted by atomic mass is 19.1. The first-order chi connectivity index (χ1) is 9.74. The molecule has 0 fully saturated rings. The number of para-hydroxylation sites is 1. The van der Waals surface area contributed by atoms with E-state index >= 15 is 0 Å². The molecule has 0 saturated heterocycles. The van der Waals surface area contributed by atoms with Crippen molar-refractivity contribution in [3.63, 3.8) is 0 Å². The Labute approximate surface area is 119 Å². The summed E-state index contributed by atoms with van der Waals surface area (Å²) in [6, 6.07) is 11.3. The zero-order valence-electron chi connectivity index (χ0n) is 11.7. The van der Waals surface area contributed by atoms with Crippen LogP contribution in [0.25, 0.3) is 0 Å². The number of hydrogen-bond acceptors (Lipinski definition) is 2. The van der Waals surface area contributed by atoms with Crippen LogP contribution >= 0.6 is 0 Å². The van der Waals surface area contributed by atoms with Crippen molar-refractivity contribution in [2.75, 3.05) is 17.2 Å². The smallest absolute Gasteiger partial charge is 0.123 e. The minimum atomic E-state index is -0.188. The van der Waals surface area contributed by atoms with E-state index in [0.29, 0.717) is 0 Å². The maximum Gasteiger partial charge on any atom is 0.123 e. The van der Waals surface area contributed by atoms with Gasteiger partial charge in [-0.3, -0.25) is 0 Å². The molecular weight excluding hydrogens is 251 g/mol. The third-order valence-corrected chi connectivity index (χ3v) is 3.82. The molecule has 0 saturated carbocycles. The fraction of sp³-hybridized carbons (Fsp3) is 0.294. The largest absolute Gasteiger partial charge is 0.385 e. The van der Waals surface area contributed by atoms with Crippen LogP contribution in [-0.4, -0.2) is 6.54 Å². The second-order valence-corrected chi connectivity index (χ2v) is 5.29. The molecule has 0 amide bonds. The SMILES string of the molecule is Cc1cc(F)ccc1NCc1cccc2c1NCCC2. The van der Waals surface area contributed by atoms with Gasteiger partial charge in [0.2, 0.25) is 0 Å². The number of rotatable bonds is 3. The van der Waals surface area contributed by atoms with E-state index in [4.69, 9.17) is 0 Å². The van der Waals surface area contributed by atoms with Crippen LogP contribution in [0.3, 0.4) is 0 Å². The lowest BCUT2D eigenvalue weighted by Crippen LogP contribution is -2.15. The molecule has 20 heavy (non-hydrogen) atoms. The van der Waals surface area contributed by atoms with E-state index in [1.165, 1.54) is 29.3 Å².